The van der Waals surface area contributed by atoms with Gasteiger partial charge in [0.2, 0.25) is 0 Å². The van der Waals surface area contributed by atoms with Crippen molar-refractivity contribution in [3.05, 3.63) is 38.4 Å². The fourth-order valence-electron chi connectivity index (χ4n) is 1.84. The van der Waals surface area contributed by atoms with Crippen molar-refractivity contribution in [1.82, 2.24) is 15.0 Å². The Hall–Kier alpha value is -1.15. The maximum absolute atomic E-state index is 4.56. The Morgan fingerprint density at radius 2 is 2.05 bits per heavy atom. The van der Waals surface area contributed by atoms with E-state index in [1.807, 2.05) is 25.2 Å². The second-order valence-electron chi connectivity index (χ2n) is 4.03. The Balaban J connectivity index is 2.17. The van der Waals surface area contributed by atoms with Gasteiger partial charge < -0.3 is 10.3 Å². The maximum atomic E-state index is 4.56. The highest BCUT2D eigenvalue weighted by atomic mass is 127. The van der Waals surface area contributed by atoms with Gasteiger partial charge in [-0.2, -0.15) is 0 Å². The number of imidazole rings is 1. The van der Waals surface area contributed by atoms with Crippen molar-refractivity contribution in [2.75, 3.05) is 12.4 Å². The number of halogens is 2. The third kappa shape index (κ3) is 2.46. The Morgan fingerprint density at radius 3 is 2.84 bits per heavy atom. The van der Waals surface area contributed by atoms with Gasteiger partial charge >= 0.3 is 0 Å². The molecule has 2 N–H and O–H groups in total. The van der Waals surface area contributed by atoms with Gasteiger partial charge in [0.15, 0.2) is 5.65 Å². The molecule has 0 atom stereocenters. The molecule has 0 saturated carbocycles. The van der Waals surface area contributed by atoms with Crippen LogP contribution in [0.1, 0.15) is 0 Å². The third-order valence-electron chi connectivity index (χ3n) is 2.79. The minimum atomic E-state index is 0.720. The lowest BCUT2D eigenvalue weighted by atomic mass is 10.2. The molecule has 0 spiro atoms. The number of aromatic nitrogens is 3. The van der Waals surface area contributed by atoms with E-state index in [4.69, 9.17) is 0 Å². The van der Waals surface area contributed by atoms with Gasteiger partial charge in [-0.1, -0.05) is 15.9 Å². The van der Waals surface area contributed by atoms with Crippen LogP contribution in [-0.2, 0) is 0 Å². The SMILES string of the molecule is CNc1ccc2[nH]c(-c3cc(Br)ccc3I)nc2n1. The molecule has 0 fully saturated rings. The number of nitrogens with one attached hydrogen (secondary N) is 2. The number of anilines is 1. The zero-order chi connectivity index (χ0) is 13.4. The van der Waals surface area contributed by atoms with Gasteiger partial charge in [0.25, 0.3) is 0 Å². The molecule has 0 bridgehead atoms. The van der Waals surface area contributed by atoms with Crippen LogP contribution >= 0.6 is 38.5 Å². The summed E-state index contributed by atoms with van der Waals surface area (Å²) in [7, 11) is 1.85. The molecular formula is C13H10BrIN4. The van der Waals surface area contributed by atoms with E-state index >= 15 is 0 Å². The summed E-state index contributed by atoms with van der Waals surface area (Å²) in [4.78, 5) is 12.3. The molecule has 0 aliphatic carbocycles. The first-order valence-electron chi connectivity index (χ1n) is 5.67. The van der Waals surface area contributed by atoms with Crippen molar-refractivity contribution < 1.29 is 0 Å². The smallest absolute Gasteiger partial charge is 0.180 e. The van der Waals surface area contributed by atoms with Crippen molar-refractivity contribution in [2.24, 2.45) is 0 Å². The van der Waals surface area contributed by atoms with Gasteiger partial charge in [-0.25, -0.2) is 9.97 Å². The third-order valence-corrected chi connectivity index (χ3v) is 4.22. The van der Waals surface area contributed by atoms with E-state index in [-0.39, 0.29) is 0 Å². The summed E-state index contributed by atoms with van der Waals surface area (Å²) in [5.74, 6) is 1.65. The van der Waals surface area contributed by atoms with E-state index in [1.54, 1.807) is 0 Å². The zero-order valence-corrected chi connectivity index (χ0v) is 13.8. The van der Waals surface area contributed by atoms with E-state index in [0.29, 0.717) is 0 Å². The molecule has 19 heavy (non-hydrogen) atoms. The highest BCUT2D eigenvalue weighted by Crippen LogP contribution is 2.28. The zero-order valence-electron chi connectivity index (χ0n) is 10.0. The van der Waals surface area contributed by atoms with Gasteiger partial charge in [0.05, 0.1) is 5.52 Å². The van der Waals surface area contributed by atoms with Gasteiger partial charge in [-0.15, -0.1) is 0 Å². The fourth-order valence-corrected chi connectivity index (χ4v) is 2.79. The van der Waals surface area contributed by atoms with Crippen molar-refractivity contribution in [3.63, 3.8) is 0 Å². The Bertz CT molecular complexity index is 753. The van der Waals surface area contributed by atoms with Crippen molar-refractivity contribution in [1.29, 1.82) is 0 Å². The van der Waals surface area contributed by atoms with E-state index in [0.717, 1.165) is 36.4 Å². The molecule has 3 aromatic rings. The lowest BCUT2D eigenvalue weighted by Crippen LogP contribution is -1.91. The number of aromatic amines is 1. The predicted octanol–water partition coefficient (Wildman–Crippen LogP) is 4.03. The van der Waals surface area contributed by atoms with Crippen LogP contribution in [-0.4, -0.2) is 22.0 Å². The topological polar surface area (TPSA) is 53.6 Å². The molecule has 4 nitrogen and oxygen atoms in total. The van der Waals surface area contributed by atoms with Gasteiger partial charge in [-0.3, -0.25) is 0 Å². The molecule has 0 aliphatic heterocycles. The van der Waals surface area contributed by atoms with E-state index in [9.17, 15) is 0 Å². The standard InChI is InChI=1S/C13H10BrIN4/c1-16-11-5-4-10-13(18-11)19-12(17-10)8-6-7(14)2-3-9(8)15/h2-6H,1H3,(H2,16,17,18,19). The average Bonchev–Trinajstić information content (AvgIpc) is 2.83. The van der Waals surface area contributed by atoms with Crippen LogP contribution < -0.4 is 5.32 Å². The molecule has 0 aliphatic rings. The molecule has 0 saturated heterocycles. The number of hydrogen-bond donors (Lipinski definition) is 2. The van der Waals surface area contributed by atoms with E-state index < -0.39 is 0 Å². The van der Waals surface area contributed by atoms with Crippen molar-refractivity contribution in [3.8, 4) is 11.4 Å². The molecule has 96 valence electrons. The van der Waals surface area contributed by atoms with Gasteiger partial charge in [0, 0.05) is 20.7 Å². The summed E-state index contributed by atoms with van der Waals surface area (Å²) in [6, 6.07) is 10.0. The van der Waals surface area contributed by atoms with E-state index in [2.05, 4.69) is 70.9 Å². The summed E-state index contributed by atoms with van der Waals surface area (Å²) in [5.41, 5.74) is 2.72. The second kappa shape index (κ2) is 5.09. The summed E-state index contributed by atoms with van der Waals surface area (Å²) < 4.78 is 2.18. The van der Waals surface area contributed by atoms with Crippen LogP contribution in [0.15, 0.2) is 34.8 Å². The molecule has 0 unspecified atom stereocenters. The highest BCUT2D eigenvalue weighted by Gasteiger charge is 2.10. The monoisotopic (exact) mass is 428 g/mol. The maximum Gasteiger partial charge on any atom is 0.180 e. The fraction of sp³-hybridized carbons (Fsp3) is 0.0769. The molecule has 6 heteroatoms. The summed E-state index contributed by atoms with van der Waals surface area (Å²) in [6.07, 6.45) is 0. The number of nitrogens with zero attached hydrogens (tertiary/aromatic N) is 2. The van der Waals surface area contributed by atoms with Crippen LogP contribution in [0.2, 0.25) is 0 Å². The molecule has 0 radical (unpaired) electrons. The Kier molecular flexibility index (Phi) is 3.44. The molecule has 0 amide bonds. The second-order valence-corrected chi connectivity index (χ2v) is 6.11. The minimum absolute atomic E-state index is 0.720. The van der Waals surface area contributed by atoms with Crippen LogP contribution in [0, 0.1) is 3.57 Å². The van der Waals surface area contributed by atoms with Crippen LogP contribution in [0.5, 0.6) is 0 Å². The highest BCUT2D eigenvalue weighted by molar-refractivity contribution is 14.1. The van der Waals surface area contributed by atoms with Crippen LogP contribution in [0.4, 0.5) is 5.82 Å². The van der Waals surface area contributed by atoms with Gasteiger partial charge in [0.1, 0.15) is 11.6 Å². The number of fused-ring (bicyclic) bond motifs is 1. The first-order chi connectivity index (χ1) is 9.17. The normalized spacial score (nSPS) is 10.9. The summed E-state index contributed by atoms with van der Waals surface area (Å²) in [5, 5.41) is 3.01. The largest absolute Gasteiger partial charge is 0.373 e. The molecular weight excluding hydrogens is 419 g/mol. The van der Waals surface area contributed by atoms with Gasteiger partial charge in [-0.05, 0) is 52.9 Å². The Labute approximate surface area is 132 Å². The van der Waals surface area contributed by atoms with Crippen molar-refractivity contribution in [2.45, 2.75) is 0 Å². The molecule has 2 heterocycles. The Morgan fingerprint density at radius 1 is 1.21 bits per heavy atom. The van der Waals surface area contributed by atoms with Crippen LogP contribution in [0.25, 0.3) is 22.6 Å². The first-order valence-corrected chi connectivity index (χ1v) is 7.54. The molecule has 2 aromatic heterocycles. The van der Waals surface area contributed by atoms with Crippen molar-refractivity contribution >= 4 is 55.5 Å². The number of benzene rings is 1. The lowest BCUT2D eigenvalue weighted by molar-refractivity contribution is 1.28. The predicted molar refractivity (Wildman–Crippen MR) is 89.3 cm³/mol. The lowest BCUT2D eigenvalue weighted by Gasteiger charge is -2.01. The quantitative estimate of drug-likeness (QED) is 0.606. The number of rotatable bonds is 2. The summed E-state index contributed by atoms with van der Waals surface area (Å²) >= 11 is 5.80. The minimum Gasteiger partial charge on any atom is -0.373 e. The molecule has 1 aromatic carbocycles. The molecule has 3 rings (SSSR count). The first kappa shape index (κ1) is 12.9. The van der Waals surface area contributed by atoms with Crippen LogP contribution in [0.3, 0.4) is 0 Å². The average molecular weight is 429 g/mol. The summed E-state index contributed by atoms with van der Waals surface area (Å²) in [6.45, 7) is 0. The number of pyridine rings is 1. The van der Waals surface area contributed by atoms with E-state index in [1.165, 1.54) is 0 Å². The number of H-pyrrole nitrogens is 1. The number of hydrogen-bond acceptors (Lipinski definition) is 3.